The first-order chi connectivity index (χ1) is 32.5. The van der Waals surface area contributed by atoms with Crippen molar-refractivity contribution in [2.45, 2.75) is 110 Å². The van der Waals surface area contributed by atoms with Gasteiger partial charge in [-0.3, -0.25) is 24.7 Å². The normalized spacial score (nSPS) is 18.2. The van der Waals surface area contributed by atoms with Crippen molar-refractivity contribution in [3.8, 4) is 28.0 Å². The number of thiocarbonyl (C=S) groups is 1. The Balaban J connectivity index is 0.828. The molecule has 0 bridgehead atoms. The molecule has 68 heavy (non-hydrogen) atoms. The van der Waals surface area contributed by atoms with Gasteiger partial charge in [-0.15, -0.1) is 11.3 Å². The average Bonchev–Trinajstić information content (AvgIpc) is 3.97. The van der Waals surface area contributed by atoms with E-state index in [9.17, 15) is 25.1 Å². The van der Waals surface area contributed by atoms with Crippen LogP contribution in [0.25, 0.3) is 10.4 Å². The van der Waals surface area contributed by atoms with Crippen LogP contribution in [0.1, 0.15) is 83.5 Å². The molecule has 3 aromatic carbocycles. The van der Waals surface area contributed by atoms with Gasteiger partial charge in [-0.05, 0) is 118 Å². The molecule has 6 rings (SSSR count). The van der Waals surface area contributed by atoms with E-state index >= 15 is 0 Å². The molecule has 0 spiro atoms. The lowest BCUT2D eigenvalue weighted by Crippen LogP contribution is -2.55. The van der Waals surface area contributed by atoms with Crippen molar-refractivity contribution in [2.75, 3.05) is 63.0 Å². The van der Waals surface area contributed by atoms with Crippen LogP contribution in [0.15, 0.2) is 72.2 Å². The van der Waals surface area contributed by atoms with Crippen molar-refractivity contribution >= 4 is 51.9 Å². The lowest BCUT2D eigenvalue weighted by atomic mass is 9.86. The number of unbranched alkanes of at least 4 members (excludes halogenated alkanes) is 2. The predicted molar refractivity (Wildman–Crippen MR) is 269 cm³/mol. The topological polar surface area (TPSA) is 182 Å². The van der Waals surface area contributed by atoms with Crippen LogP contribution in [-0.2, 0) is 25.6 Å². The Bertz CT molecular complexity index is 2350. The van der Waals surface area contributed by atoms with Gasteiger partial charge in [0.15, 0.2) is 5.11 Å². The standard InChI is InChI=1S/C51H67N7O8S2/c1-34-46(68-33-54-34)36-14-12-35(13-15-36)29-53-47(61)42-27-40(59)30-56(42)31-44(50(2,3)4)55-45(60)32-65-24-11-23-64-22-9-8-10-25-66-41-20-18-38(19-21-41)58-49(67)57(48(62)51(58,5)6)39-17-16-37(28-52)43(26-39)63-7/h12-21,26,33,40,42,44,47,53,59,61H,8-11,22-25,27,29-32H2,1-7H3,(H,55,60)/t40-,42+,44-,47?/m1/s1. The maximum atomic E-state index is 13.6. The number of carbonyl (C=O) groups excluding carboxylic acids is 2. The first-order valence-corrected chi connectivity index (χ1v) is 24.6. The van der Waals surface area contributed by atoms with Crippen LogP contribution in [0.5, 0.6) is 11.5 Å². The number of aliphatic hydroxyl groups is 2. The van der Waals surface area contributed by atoms with E-state index in [1.54, 1.807) is 29.5 Å². The largest absolute Gasteiger partial charge is 0.495 e. The number of rotatable bonds is 24. The Hall–Kier alpha value is -5.03. The second kappa shape index (κ2) is 24.0. The first-order valence-electron chi connectivity index (χ1n) is 23.3. The average molecular weight is 970 g/mol. The number of hydrogen-bond donors (Lipinski definition) is 4. The highest BCUT2D eigenvalue weighted by Crippen LogP contribution is 2.38. The third-order valence-corrected chi connectivity index (χ3v) is 13.7. The number of likely N-dealkylation sites (tertiary alicyclic amines) is 1. The molecule has 2 amide bonds. The summed E-state index contributed by atoms with van der Waals surface area (Å²) in [4.78, 5) is 37.5. The van der Waals surface area contributed by atoms with Crippen molar-refractivity contribution in [1.29, 1.82) is 5.26 Å². The molecule has 4 atom stereocenters. The molecule has 1 unspecified atom stereocenters. The summed E-state index contributed by atoms with van der Waals surface area (Å²) >= 11 is 7.43. The lowest BCUT2D eigenvalue weighted by molar-refractivity contribution is -0.127. The Morgan fingerprint density at radius 2 is 1.69 bits per heavy atom. The van der Waals surface area contributed by atoms with E-state index in [0.29, 0.717) is 81.0 Å². The minimum atomic E-state index is -0.946. The van der Waals surface area contributed by atoms with E-state index in [4.69, 9.17) is 31.2 Å². The van der Waals surface area contributed by atoms with Gasteiger partial charge in [-0.2, -0.15) is 5.26 Å². The van der Waals surface area contributed by atoms with E-state index in [-0.39, 0.29) is 35.9 Å². The smallest absolute Gasteiger partial charge is 0.259 e. The zero-order valence-corrected chi connectivity index (χ0v) is 42.0. The summed E-state index contributed by atoms with van der Waals surface area (Å²) in [5, 5.41) is 38.0. The number of thiazole rings is 1. The molecule has 2 aliphatic rings. The summed E-state index contributed by atoms with van der Waals surface area (Å²) < 4.78 is 22.9. The van der Waals surface area contributed by atoms with Gasteiger partial charge in [-0.25, -0.2) is 4.98 Å². The molecular formula is C51H67N7O8S2. The minimum Gasteiger partial charge on any atom is -0.495 e. The van der Waals surface area contributed by atoms with E-state index in [0.717, 1.165) is 52.4 Å². The molecule has 0 radical (unpaired) electrons. The number of nitrogens with zero attached hydrogens (tertiary/aromatic N) is 5. The van der Waals surface area contributed by atoms with Crippen molar-refractivity contribution < 1.29 is 38.7 Å². The van der Waals surface area contributed by atoms with Gasteiger partial charge in [0.1, 0.15) is 35.9 Å². The number of nitriles is 1. The van der Waals surface area contributed by atoms with Crippen LogP contribution in [-0.4, -0.2) is 120 Å². The quantitative estimate of drug-likeness (QED) is 0.0321. The molecule has 4 N–H and O–H groups in total. The molecular weight excluding hydrogens is 903 g/mol. The number of amides is 2. The number of nitrogens with one attached hydrogen (secondary N) is 2. The second-order valence-corrected chi connectivity index (χ2v) is 20.1. The highest BCUT2D eigenvalue weighted by Gasteiger charge is 2.50. The van der Waals surface area contributed by atoms with Gasteiger partial charge in [-0.1, -0.05) is 45.0 Å². The number of anilines is 2. The molecule has 2 saturated heterocycles. The summed E-state index contributed by atoms with van der Waals surface area (Å²) in [6, 6.07) is 22.3. The Labute approximate surface area is 410 Å². The van der Waals surface area contributed by atoms with Gasteiger partial charge in [0.05, 0.1) is 53.2 Å². The second-order valence-electron chi connectivity index (χ2n) is 18.9. The minimum absolute atomic E-state index is 0.0647. The molecule has 4 aromatic rings. The highest BCUT2D eigenvalue weighted by molar-refractivity contribution is 7.81. The van der Waals surface area contributed by atoms with Gasteiger partial charge < -0.3 is 39.4 Å². The monoisotopic (exact) mass is 969 g/mol. The molecule has 3 heterocycles. The van der Waals surface area contributed by atoms with Crippen molar-refractivity contribution in [2.24, 2.45) is 5.41 Å². The van der Waals surface area contributed by atoms with Crippen LogP contribution < -0.4 is 29.9 Å². The Morgan fingerprint density at radius 3 is 2.37 bits per heavy atom. The number of β-amino-alcohol motifs (C(OH)–C–C–N with tert-alkyl or cyclic N) is 1. The van der Waals surface area contributed by atoms with Crippen LogP contribution in [0.4, 0.5) is 11.4 Å². The molecule has 15 nitrogen and oxygen atoms in total. The van der Waals surface area contributed by atoms with Crippen LogP contribution in [0, 0.1) is 23.7 Å². The van der Waals surface area contributed by atoms with Gasteiger partial charge in [0.25, 0.3) is 5.91 Å². The zero-order valence-electron chi connectivity index (χ0n) is 40.3. The van der Waals surface area contributed by atoms with E-state index < -0.39 is 17.9 Å². The van der Waals surface area contributed by atoms with Crippen molar-refractivity contribution in [3.63, 3.8) is 0 Å². The number of aliphatic hydroxyl groups excluding tert-OH is 2. The molecule has 2 aliphatic heterocycles. The summed E-state index contributed by atoms with van der Waals surface area (Å²) in [5.41, 5.74) is 5.45. The fourth-order valence-corrected chi connectivity index (χ4v) is 9.76. The molecule has 0 aliphatic carbocycles. The van der Waals surface area contributed by atoms with E-state index in [1.165, 1.54) is 12.0 Å². The Morgan fingerprint density at radius 1 is 1.00 bits per heavy atom. The fraction of sp³-hybridized carbons (Fsp3) is 0.510. The number of aryl methyl sites for hydroxylation is 1. The number of methoxy groups -OCH3 is 1. The van der Waals surface area contributed by atoms with Gasteiger partial charge >= 0.3 is 0 Å². The molecule has 2 fully saturated rings. The summed E-state index contributed by atoms with van der Waals surface area (Å²) in [7, 11) is 1.48. The third kappa shape index (κ3) is 13.4. The first kappa shape index (κ1) is 52.3. The number of carbonyl (C=O) groups is 2. The zero-order chi connectivity index (χ0) is 49.0. The van der Waals surface area contributed by atoms with E-state index in [2.05, 4.69) is 59.5 Å². The maximum absolute atomic E-state index is 13.6. The van der Waals surface area contributed by atoms with Crippen LogP contribution in [0.2, 0.25) is 0 Å². The number of ether oxygens (including phenoxy) is 4. The Kier molecular flexibility index (Phi) is 18.5. The number of benzene rings is 3. The molecule has 0 saturated carbocycles. The third-order valence-electron chi connectivity index (χ3n) is 12.4. The lowest BCUT2D eigenvalue weighted by Gasteiger charge is -2.37. The SMILES string of the molecule is COc1cc(N2C(=O)C(C)(C)N(c3ccc(OCCCCCOCCCOCC(=O)N[C@H](CN4C[C@H](O)C[C@H]4C(O)NCc4ccc(-c5scnc5C)cc4)C(C)(C)C)cc3)C2=S)ccc1C#N. The molecule has 17 heteroatoms. The summed E-state index contributed by atoms with van der Waals surface area (Å²) in [6.07, 6.45) is 2.35. The highest BCUT2D eigenvalue weighted by atomic mass is 32.1. The molecule has 1 aromatic heterocycles. The van der Waals surface area contributed by atoms with Gasteiger partial charge in [0.2, 0.25) is 5.91 Å². The van der Waals surface area contributed by atoms with Gasteiger partial charge in [0, 0.05) is 57.3 Å². The number of aromatic nitrogens is 1. The number of hydrogen-bond acceptors (Lipinski definition) is 14. The predicted octanol–water partition coefficient (Wildman–Crippen LogP) is 6.96. The molecule has 366 valence electrons. The maximum Gasteiger partial charge on any atom is 0.259 e. The van der Waals surface area contributed by atoms with Crippen LogP contribution >= 0.6 is 23.6 Å². The van der Waals surface area contributed by atoms with Crippen LogP contribution in [0.3, 0.4) is 0 Å². The van der Waals surface area contributed by atoms with Crippen molar-refractivity contribution in [3.05, 3.63) is 89.1 Å². The summed E-state index contributed by atoms with van der Waals surface area (Å²) in [6.45, 7) is 15.3. The van der Waals surface area contributed by atoms with E-state index in [1.807, 2.05) is 67.6 Å². The summed E-state index contributed by atoms with van der Waals surface area (Å²) in [5.74, 6) is 0.694. The fourth-order valence-electron chi connectivity index (χ4n) is 8.43. The van der Waals surface area contributed by atoms with Crippen molar-refractivity contribution in [1.82, 2.24) is 20.5 Å².